The molecule has 1 heterocycles. The summed E-state index contributed by atoms with van der Waals surface area (Å²) >= 11 is 1.35. The standard InChI is InChI=1S/C21H31N3O2S/c1-4-6-7-10-14-24-20(26)17-12-8-9-13-18(17)23-21(24)27-15-19(25)22-16(3)11-5-2/h8-9,12-13,16H,4-7,10-11,14-15H2,1-3H3,(H,22,25). The molecule has 0 saturated carbocycles. The van der Waals surface area contributed by atoms with Crippen LogP contribution in [0.5, 0.6) is 0 Å². The number of fused-ring (bicyclic) bond motifs is 1. The maximum Gasteiger partial charge on any atom is 0.262 e. The highest BCUT2D eigenvalue weighted by atomic mass is 32.2. The van der Waals surface area contributed by atoms with Crippen LogP contribution in [0.2, 0.25) is 0 Å². The van der Waals surface area contributed by atoms with Crippen LogP contribution in [-0.2, 0) is 11.3 Å². The van der Waals surface area contributed by atoms with Crippen LogP contribution in [0, 0.1) is 0 Å². The van der Waals surface area contributed by atoms with Crippen molar-refractivity contribution in [3.63, 3.8) is 0 Å². The van der Waals surface area contributed by atoms with E-state index in [0.29, 0.717) is 22.6 Å². The fourth-order valence-corrected chi connectivity index (χ4v) is 3.94. The summed E-state index contributed by atoms with van der Waals surface area (Å²) in [5.41, 5.74) is 0.675. The lowest BCUT2D eigenvalue weighted by atomic mass is 10.2. The molecular formula is C21H31N3O2S. The molecule has 1 atom stereocenters. The Morgan fingerprint density at radius 1 is 1.19 bits per heavy atom. The summed E-state index contributed by atoms with van der Waals surface area (Å²) in [5.74, 6) is 0.259. The number of carbonyl (C=O) groups excluding carboxylic acids is 1. The Labute approximate surface area is 166 Å². The van der Waals surface area contributed by atoms with Gasteiger partial charge < -0.3 is 5.32 Å². The Morgan fingerprint density at radius 3 is 2.70 bits per heavy atom. The molecule has 1 unspecified atom stereocenters. The smallest absolute Gasteiger partial charge is 0.262 e. The van der Waals surface area contributed by atoms with Gasteiger partial charge in [-0.2, -0.15) is 0 Å². The number of carbonyl (C=O) groups is 1. The van der Waals surface area contributed by atoms with Crippen LogP contribution < -0.4 is 10.9 Å². The van der Waals surface area contributed by atoms with Gasteiger partial charge in [0.15, 0.2) is 5.16 Å². The lowest BCUT2D eigenvalue weighted by molar-refractivity contribution is -0.119. The van der Waals surface area contributed by atoms with Gasteiger partial charge in [-0.3, -0.25) is 14.2 Å². The zero-order valence-corrected chi connectivity index (χ0v) is 17.5. The van der Waals surface area contributed by atoms with Crippen molar-refractivity contribution in [2.45, 2.75) is 77.0 Å². The van der Waals surface area contributed by atoms with Crippen molar-refractivity contribution in [2.24, 2.45) is 0 Å². The third-order valence-corrected chi connectivity index (χ3v) is 5.50. The fourth-order valence-electron chi connectivity index (χ4n) is 3.10. The maximum atomic E-state index is 12.9. The molecule has 1 aromatic carbocycles. The largest absolute Gasteiger partial charge is 0.353 e. The van der Waals surface area contributed by atoms with E-state index in [1.807, 2.05) is 31.2 Å². The summed E-state index contributed by atoms with van der Waals surface area (Å²) in [4.78, 5) is 29.8. The van der Waals surface area contributed by atoms with Gasteiger partial charge in [0.25, 0.3) is 5.56 Å². The highest BCUT2D eigenvalue weighted by molar-refractivity contribution is 7.99. The highest BCUT2D eigenvalue weighted by Gasteiger charge is 2.14. The van der Waals surface area contributed by atoms with Crippen LogP contribution in [0.25, 0.3) is 10.9 Å². The molecular weight excluding hydrogens is 358 g/mol. The second-order valence-corrected chi connectivity index (χ2v) is 7.92. The van der Waals surface area contributed by atoms with E-state index in [2.05, 4.69) is 24.1 Å². The van der Waals surface area contributed by atoms with Gasteiger partial charge in [-0.25, -0.2) is 4.98 Å². The van der Waals surface area contributed by atoms with Crippen LogP contribution in [0.3, 0.4) is 0 Å². The van der Waals surface area contributed by atoms with Gasteiger partial charge in [-0.1, -0.05) is 63.4 Å². The van der Waals surface area contributed by atoms with E-state index >= 15 is 0 Å². The van der Waals surface area contributed by atoms with E-state index in [1.54, 1.807) is 4.57 Å². The molecule has 27 heavy (non-hydrogen) atoms. The number of thioether (sulfide) groups is 1. The van der Waals surface area contributed by atoms with Gasteiger partial charge in [-0.15, -0.1) is 0 Å². The SMILES string of the molecule is CCCCCCn1c(SCC(=O)NC(C)CCC)nc2ccccc2c1=O. The second kappa shape index (κ2) is 11.1. The predicted octanol–water partition coefficient (Wildman–Crippen LogP) is 4.37. The van der Waals surface area contributed by atoms with E-state index in [9.17, 15) is 9.59 Å². The first-order chi connectivity index (χ1) is 13.1. The highest BCUT2D eigenvalue weighted by Crippen LogP contribution is 2.18. The van der Waals surface area contributed by atoms with Gasteiger partial charge in [0, 0.05) is 12.6 Å². The number of benzene rings is 1. The van der Waals surface area contributed by atoms with Crippen molar-refractivity contribution >= 4 is 28.6 Å². The summed E-state index contributed by atoms with van der Waals surface area (Å²) in [6.07, 6.45) is 6.36. The van der Waals surface area contributed by atoms with Crippen molar-refractivity contribution < 1.29 is 4.79 Å². The molecule has 0 fully saturated rings. The number of hydrogen-bond acceptors (Lipinski definition) is 4. The molecule has 148 valence electrons. The van der Waals surface area contributed by atoms with Gasteiger partial charge in [-0.05, 0) is 31.9 Å². The zero-order chi connectivity index (χ0) is 19.6. The van der Waals surface area contributed by atoms with Crippen LogP contribution >= 0.6 is 11.8 Å². The Morgan fingerprint density at radius 2 is 1.96 bits per heavy atom. The molecule has 0 aliphatic carbocycles. The van der Waals surface area contributed by atoms with E-state index in [-0.39, 0.29) is 23.3 Å². The molecule has 0 spiro atoms. The van der Waals surface area contributed by atoms with Crippen molar-refractivity contribution in [1.82, 2.24) is 14.9 Å². The summed E-state index contributed by atoms with van der Waals surface area (Å²) in [7, 11) is 0. The number of nitrogens with zero attached hydrogens (tertiary/aromatic N) is 2. The minimum atomic E-state index is -0.0145. The average Bonchev–Trinajstić information content (AvgIpc) is 2.65. The van der Waals surface area contributed by atoms with Gasteiger partial charge in [0.05, 0.1) is 16.7 Å². The van der Waals surface area contributed by atoms with Crippen molar-refractivity contribution in [3.8, 4) is 0 Å². The quantitative estimate of drug-likeness (QED) is 0.352. The van der Waals surface area contributed by atoms with Crippen LogP contribution in [0.4, 0.5) is 0 Å². The molecule has 0 aliphatic rings. The molecule has 2 rings (SSSR count). The Kier molecular flexibility index (Phi) is 8.85. The topological polar surface area (TPSA) is 64.0 Å². The molecule has 0 radical (unpaired) electrons. The average molecular weight is 390 g/mol. The number of unbranched alkanes of at least 4 members (excludes halogenated alkanes) is 3. The number of aromatic nitrogens is 2. The van der Waals surface area contributed by atoms with Gasteiger partial charge in [0.2, 0.25) is 5.91 Å². The first-order valence-corrected chi connectivity index (χ1v) is 11.0. The van der Waals surface area contributed by atoms with E-state index in [1.165, 1.54) is 11.8 Å². The Hall–Kier alpha value is -1.82. The fraction of sp³-hybridized carbons (Fsp3) is 0.571. The van der Waals surface area contributed by atoms with Crippen LogP contribution in [0.15, 0.2) is 34.2 Å². The number of hydrogen-bond donors (Lipinski definition) is 1. The molecule has 2 aromatic rings. The molecule has 0 saturated heterocycles. The van der Waals surface area contributed by atoms with E-state index in [0.717, 1.165) is 38.5 Å². The first kappa shape index (κ1) is 21.5. The summed E-state index contributed by atoms with van der Waals surface area (Å²) in [6.45, 7) is 6.94. The Bertz CT molecular complexity index is 804. The number of para-hydroxylation sites is 1. The molecule has 0 aliphatic heterocycles. The van der Waals surface area contributed by atoms with E-state index < -0.39 is 0 Å². The van der Waals surface area contributed by atoms with Crippen LogP contribution in [0.1, 0.15) is 59.3 Å². The minimum Gasteiger partial charge on any atom is -0.353 e. The molecule has 6 heteroatoms. The van der Waals surface area contributed by atoms with Crippen molar-refractivity contribution in [1.29, 1.82) is 0 Å². The number of rotatable bonds is 11. The number of nitrogens with one attached hydrogen (secondary N) is 1. The molecule has 1 N–H and O–H groups in total. The molecule has 5 nitrogen and oxygen atoms in total. The lowest BCUT2D eigenvalue weighted by Gasteiger charge is -2.15. The third-order valence-electron chi connectivity index (χ3n) is 4.52. The minimum absolute atomic E-state index is 0.0131. The third kappa shape index (κ3) is 6.38. The predicted molar refractivity (Wildman–Crippen MR) is 113 cm³/mol. The lowest BCUT2D eigenvalue weighted by Crippen LogP contribution is -2.34. The second-order valence-electron chi connectivity index (χ2n) is 6.97. The summed E-state index contributed by atoms with van der Waals surface area (Å²) < 4.78 is 1.74. The first-order valence-electron chi connectivity index (χ1n) is 9.98. The van der Waals surface area contributed by atoms with Crippen LogP contribution in [-0.4, -0.2) is 27.3 Å². The van der Waals surface area contributed by atoms with Gasteiger partial charge in [0.1, 0.15) is 0 Å². The monoisotopic (exact) mass is 389 g/mol. The summed E-state index contributed by atoms with van der Waals surface area (Å²) in [6, 6.07) is 7.59. The van der Waals surface area contributed by atoms with Crippen molar-refractivity contribution in [2.75, 3.05) is 5.75 Å². The van der Waals surface area contributed by atoms with Crippen molar-refractivity contribution in [3.05, 3.63) is 34.6 Å². The van der Waals surface area contributed by atoms with E-state index in [4.69, 9.17) is 0 Å². The zero-order valence-electron chi connectivity index (χ0n) is 16.7. The summed E-state index contributed by atoms with van der Waals surface area (Å²) in [5, 5.41) is 4.28. The normalized spacial score (nSPS) is 12.3. The maximum absolute atomic E-state index is 12.9. The molecule has 1 amide bonds. The molecule has 0 bridgehead atoms. The Balaban J connectivity index is 2.17. The van der Waals surface area contributed by atoms with Gasteiger partial charge >= 0.3 is 0 Å². The molecule has 1 aromatic heterocycles. The number of amides is 1.